The Morgan fingerprint density at radius 3 is 2.43 bits per heavy atom. The minimum Gasteiger partial charge on any atom is -0.389 e. The Kier molecular flexibility index (Phi) is 6.70. The van der Waals surface area contributed by atoms with Crippen molar-refractivity contribution in [1.82, 2.24) is 9.88 Å². The molecule has 1 aromatic heterocycles. The first-order chi connectivity index (χ1) is 17.7. The second-order valence-electron chi connectivity index (χ2n) is 9.70. The van der Waals surface area contributed by atoms with E-state index in [2.05, 4.69) is 15.8 Å². The van der Waals surface area contributed by atoms with Crippen LogP contribution in [-0.2, 0) is 16.4 Å². The first-order valence-corrected chi connectivity index (χ1v) is 13.7. The van der Waals surface area contributed by atoms with Gasteiger partial charge in [-0.25, -0.2) is 8.42 Å². The molecular weight excluding hydrogens is 486 g/mol. The van der Waals surface area contributed by atoms with Gasteiger partial charge in [-0.2, -0.15) is 0 Å². The molecule has 0 unspecified atom stereocenters. The SMILES string of the molecule is Cc1cccc(CC2(O)CCN(C(=O)c3ccc(NS(=O)(=O)c4cccc5cccnc45)cc3)CC2)c1. The zero-order valence-electron chi connectivity index (χ0n) is 20.6. The number of nitrogens with zero attached hydrogens (tertiary/aromatic N) is 2. The fraction of sp³-hybridized carbons (Fsp3) is 0.241. The van der Waals surface area contributed by atoms with Crippen molar-refractivity contribution in [1.29, 1.82) is 0 Å². The first kappa shape index (κ1) is 24.9. The van der Waals surface area contributed by atoms with Crippen molar-refractivity contribution >= 4 is 32.5 Å². The van der Waals surface area contributed by atoms with E-state index in [9.17, 15) is 18.3 Å². The molecule has 7 nitrogen and oxygen atoms in total. The van der Waals surface area contributed by atoms with Gasteiger partial charge < -0.3 is 10.0 Å². The summed E-state index contributed by atoms with van der Waals surface area (Å²) in [4.78, 5) is 19.1. The van der Waals surface area contributed by atoms with E-state index in [1.807, 2.05) is 37.3 Å². The van der Waals surface area contributed by atoms with Crippen LogP contribution in [-0.4, -0.2) is 48.0 Å². The number of carbonyl (C=O) groups excluding carboxylic acids is 1. The summed E-state index contributed by atoms with van der Waals surface area (Å²) in [5, 5.41) is 11.8. The number of fused-ring (bicyclic) bond motifs is 1. The Bertz CT molecular complexity index is 1540. The number of aryl methyl sites for hydroxylation is 1. The Balaban J connectivity index is 1.23. The van der Waals surface area contributed by atoms with Crippen LogP contribution in [0.3, 0.4) is 0 Å². The summed E-state index contributed by atoms with van der Waals surface area (Å²) in [6.07, 6.45) is 3.14. The first-order valence-electron chi connectivity index (χ1n) is 12.3. The van der Waals surface area contributed by atoms with Gasteiger partial charge >= 0.3 is 0 Å². The summed E-state index contributed by atoms with van der Waals surface area (Å²) >= 11 is 0. The summed E-state index contributed by atoms with van der Waals surface area (Å²) < 4.78 is 28.7. The average Bonchev–Trinajstić information content (AvgIpc) is 2.88. The zero-order valence-corrected chi connectivity index (χ0v) is 21.4. The van der Waals surface area contributed by atoms with E-state index in [-0.39, 0.29) is 10.8 Å². The molecule has 37 heavy (non-hydrogen) atoms. The van der Waals surface area contributed by atoms with E-state index in [0.717, 1.165) is 16.5 Å². The van der Waals surface area contributed by atoms with Gasteiger partial charge in [0.1, 0.15) is 4.90 Å². The van der Waals surface area contributed by atoms with Gasteiger partial charge in [0.25, 0.3) is 15.9 Å². The van der Waals surface area contributed by atoms with Crippen LogP contribution in [0.2, 0.25) is 0 Å². The number of aliphatic hydroxyl groups is 1. The number of carbonyl (C=O) groups is 1. The van der Waals surface area contributed by atoms with Gasteiger partial charge in [0, 0.05) is 42.3 Å². The van der Waals surface area contributed by atoms with Crippen molar-refractivity contribution < 1.29 is 18.3 Å². The molecule has 1 amide bonds. The highest BCUT2D eigenvalue weighted by Crippen LogP contribution is 2.28. The Hall–Kier alpha value is -3.75. The van der Waals surface area contributed by atoms with Crippen LogP contribution >= 0.6 is 0 Å². The molecule has 2 heterocycles. The predicted molar refractivity (Wildman–Crippen MR) is 144 cm³/mol. The minimum absolute atomic E-state index is 0.0946. The Labute approximate surface area is 216 Å². The summed E-state index contributed by atoms with van der Waals surface area (Å²) in [7, 11) is -3.87. The van der Waals surface area contributed by atoms with Gasteiger partial charge in [-0.1, -0.05) is 48.0 Å². The molecule has 0 bridgehead atoms. The van der Waals surface area contributed by atoms with Gasteiger partial charge in [-0.05, 0) is 61.7 Å². The molecule has 1 aliphatic rings. The molecule has 4 aromatic rings. The maximum absolute atomic E-state index is 13.1. The number of para-hydroxylation sites is 1. The minimum atomic E-state index is -3.87. The number of rotatable bonds is 6. The van der Waals surface area contributed by atoms with Crippen molar-refractivity contribution in [3.63, 3.8) is 0 Å². The molecule has 1 aliphatic heterocycles. The molecule has 0 aliphatic carbocycles. The number of aromatic nitrogens is 1. The number of benzene rings is 3. The normalized spacial score (nSPS) is 15.5. The quantitative estimate of drug-likeness (QED) is 0.392. The molecule has 0 atom stereocenters. The number of piperidine rings is 1. The van der Waals surface area contributed by atoms with E-state index < -0.39 is 15.6 Å². The van der Waals surface area contributed by atoms with Crippen molar-refractivity contribution in [2.45, 2.75) is 36.7 Å². The summed E-state index contributed by atoms with van der Waals surface area (Å²) in [5.74, 6) is -0.134. The lowest BCUT2D eigenvalue weighted by atomic mass is 9.85. The molecule has 5 rings (SSSR count). The van der Waals surface area contributed by atoms with E-state index in [0.29, 0.717) is 49.1 Å². The topological polar surface area (TPSA) is 99.6 Å². The average molecular weight is 516 g/mol. The number of amides is 1. The molecule has 2 N–H and O–H groups in total. The molecule has 0 radical (unpaired) electrons. The molecular formula is C29H29N3O4S. The van der Waals surface area contributed by atoms with E-state index >= 15 is 0 Å². The van der Waals surface area contributed by atoms with Crippen LogP contribution in [0.15, 0.2) is 90.0 Å². The van der Waals surface area contributed by atoms with Gasteiger partial charge in [-0.3, -0.25) is 14.5 Å². The molecule has 0 saturated carbocycles. The number of hydrogen-bond acceptors (Lipinski definition) is 5. The van der Waals surface area contributed by atoms with Gasteiger partial charge in [0.05, 0.1) is 11.1 Å². The lowest BCUT2D eigenvalue weighted by Gasteiger charge is -2.38. The number of pyridine rings is 1. The van der Waals surface area contributed by atoms with E-state index in [4.69, 9.17) is 0 Å². The second kappa shape index (κ2) is 9.95. The van der Waals surface area contributed by atoms with Crippen LogP contribution in [0.25, 0.3) is 10.9 Å². The number of anilines is 1. The van der Waals surface area contributed by atoms with Crippen LogP contribution < -0.4 is 4.72 Å². The van der Waals surface area contributed by atoms with E-state index in [1.165, 1.54) is 6.07 Å². The number of likely N-dealkylation sites (tertiary alicyclic amines) is 1. The fourth-order valence-electron chi connectivity index (χ4n) is 4.87. The van der Waals surface area contributed by atoms with E-state index in [1.54, 1.807) is 47.5 Å². The standard InChI is InChI=1S/C29H29N3O4S/c1-21-5-2-6-22(19-21)20-29(34)14-17-32(18-15-29)28(33)24-10-12-25(13-11-24)31-37(35,36)26-9-3-7-23-8-4-16-30-27(23)26/h2-13,16,19,31,34H,14-15,17-18,20H2,1H3. The molecule has 0 spiro atoms. The fourth-order valence-corrected chi connectivity index (χ4v) is 6.11. The van der Waals surface area contributed by atoms with Crippen LogP contribution in [0.5, 0.6) is 0 Å². The summed E-state index contributed by atoms with van der Waals surface area (Å²) in [6.45, 7) is 2.96. The Morgan fingerprint density at radius 2 is 1.70 bits per heavy atom. The highest BCUT2D eigenvalue weighted by atomic mass is 32.2. The highest BCUT2D eigenvalue weighted by Gasteiger charge is 2.34. The third-order valence-corrected chi connectivity index (χ3v) is 8.28. The zero-order chi connectivity index (χ0) is 26.0. The van der Waals surface area contributed by atoms with Crippen molar-refractivity contribution in [3.8, 4) is 0 Å². The van der Waals surface area contributed by atoms with Crippen molar-refractivity contribution in [2.75, 3.05) is 17.8 Å². The third kappa shape index (κ3) is 5.50. The van der Waals surface area contributed by atoms with Gasteiger partial charge in [0.2, 0.25) is 0 Å². The number of sulfonamides is 1. The predicted octanol–water partition coefficient (Wildman–Crippen LogP) is 4.55. The lowest BCUT2D eigenvalue weighted by Crippen LogP contribution is -2.47. The third-order valence-electron chi connectivity index (χ3n) is 6.87. The smallest absolute Gasteiger partial charge is 0.264 e. The largest absolute Gasteiger partial charge is 0.389 e. The molecule has 3 aromatic carbocycles. The summed E-state index contributed by atoms with van der Waals surface area (Å²) in [6, 6.07) is 23.1. The molecule has 1 fully saturated rings. The van der Waals surface area contributed by atoms with Gasteiger partial charge in [-0.15, -0.1) is 0 Å². The maximum atomic E-state index is 13.1. The van der Waals surface area contributed by atoms with Crippen LogP contribution in [0.1, 0.15) is 34.3 Å². The second-order valence-corrected chi connectivity index (χ2v) is 11.3. The monoisotopic (exact) mass is 515 g/mol. The Morgan fingerprint density at radius 1 is 1.00 bits per heavy atom. The molecule has 8 heteroatoms. The number of hydrogen-bond donors (Lipinski definition) is 2. The molecule has 1 saturated heterocycles. The highest BCUT2D eigenvalue weighted by molar-refractivity contribution is 7.93. The summed E-state index contributed by atoms with van der Waals surface area (Å²) in [5.41, 5.74) is 2.66. The maximum Gasteiger partial charge on any atom is 0.264 e. The van der Waals surface area contributed by atoms with Crippen molar-refractivity contribution in [2.24, 2.45) is 0 Å². The van der Waals surface area contributed by atoms with Gasteiger partial charge in [0.15, 0.2) is 0 Å². The molecule has 190 valence electrons. The van der Waals surface area contributed by atoms with Crippen molar-refractivity contribution in [3.05, 3.63) is 102 Å². The van der Waals surface area contributed by atoms with Crippen LogP contribution in [0, 0.1) is 6.92 Å². The van der Waals surface area contributed by atoms with Crippen LogP contribution in [0.4, 0.5) is 5.69 Å². The number of nitrogens with one attached hydrogen (secondary N) is 1. The lowest BCUT2D eigenvalue weighted by molar-refractivity contribution is -0.0162.